The minimum Gasteiger partial charge on any atom is -0.444 e. The summed E-state index contributed by atoms with van der Waals surface area (Å²) in [5, 5.41) is -0.503. The Balaban J connectivity index is 2.05. The third-order valence-corrected chi connectivity index (χ3v) is 7.00. The average Bonchev–Trinajstić information content (AvgIpc) is 3.27. The van der Waals surface area contributed by atoms with Crippen LogP contribution in [0, 0.1) is 6.92 Å². The maximum absolute atomic E-state index is 13.3. The second kappa shape index (κ2) is 7.33. The second-order valence-corrected chi connectivity index (χ2v) is 8.76. The maximum atomic E-state index is 13.3. The van der Waals surface area contributed by atoms with Gasteiger partial charge < -0.3 is 9.15 Å². The van der Waals surface area contributed by atoms with Crippen molar-refractivity contribution in [3.05, 3.63) is 46.6 Å². The number of benzene rings is 1. The Hall–Kier alpha value is -1.62. The van der Waals surface area contributed by atoms with Gasteiger partial charge in [-0.05, 0) is 38.0 Å². The fourth-order valence-electron chi connectivity index (χ4n) is 3.00. The minimum atomic E-state index is -4.63. The first-order valence-corrected chi connectivity index (χ1v) is 10.2. The molecule has 11 heteroatoms. The Morgan fingerprint density at radius 1 is 1.36 bits per heavy atom. The van der Waals surface area contributed by atoms with Crippen LogP contribution in [0.2, 0.25) is 5.02 Å². The van der Waals surface area contributed by atoms with Crippen LogP contribution in [-0.4, -0.2) is 38.0 Å². The molecule has 1 fully saturated rings. The van der Waals surface area contributed by atoms with Crippen LogP contribution in [0.1, 0.15) is 30.1 Å². The maximum Gasteiger partial charge on any atom is 0.416 e. The summed E-state index contributed by atoms with van der Waals surface area (Å²) in [6, 6.07) is 2.18. The molecule has 0 unspecified atom stereocenters. The van der Waals surface area contributed by atoms with Gasteiger partial charge in [0.05, 0.1) is 23.4 Å². The molecule has 3 rings (SSSR count). The molecule has 1 aromatic heterocycles. The lowest BCUT2D eigenvalue weighted by Crippen LogP contribution is -2.42. The topological polar surface area (TPSA) is 72.6 Å². The van der Waals surface area contributed by atoms with Crippen LogP contribution in [0.4, 0.5) is 13.2 Å². The molecule has 1 saturated carbocycles. The summed E-state index contributed by atoms with van der Waals surface area (Å²) in [6.07, 6.45) is -2.21. The van der Waals surface area contributed by atoms with Crippen molar-refractivity contribution < 1.29 is 30.7 Å². The first-order chi connectivity index (χ1) is 13.0. The third kappa shape index (κ3) is 3.78. The molecule has 154 valence electrons. The molecule has 0 radical (unpaired) electrons. The zero-order chi connectivity index (χ0) is 20.7. The van der Waals surface area contributed by atoms with Gasteiger partial charge in [-0.1, -0.05) is 11.6 Å². The summed E-state index contributed by atoms with van der Waals surface area (Å²) in [5.74, 6) is 0.769. The lowest BCUT2D eigenvalue weighted by Gasteiger charge is -2.29. The number of methoxy groups -OCH3 is 1. The molecule has 0 spiro atoms. The Kier molecular flexibility index (Phi) is 5.52. The first-order valence-electron chi connectivity index (χ1n) is 8.34. The molecule has 0 saturated heterocycles. The van der Waals surface area contributed by atoms with Crippen LogP contribution >= 0.6 is 11.6 Å². The van der Waals surface area contributed by atoms with Crippen LogP contribution in [0.3, 0.4) is 0 Å². The van der Waals surface area contributed by atoms with Crippen LogP contribution in [0.15, 0.2) is 33.7 Å². The van der Waals surface area contributed by atoms with Crippen molar-refractivity contribution in [2.75, 3.05) is 20.3 Å². The minimum absolute atomic E-state index is 0.0301. The molecule has 0 amide bonds. The number of hydrogen-bond acceptors (Lipinski definition) is 5. The molecule has 0 bridgehead atoms. The van der Waals surface area contributed by atoms with Crippen LogP contribution in [0.5, 0.6) is 0 Å². The molecule has 0 N–H and O–H groups in total. The fourth-order valence-corrected chi connectivity index (χ4v) is 5.29. The van der Waals surface area contributed by atoms with Gasteiger partial charge in [-0.2, -0.15) is 17.5 Å². The van der Waals surface area contributed by atoms with E-state index in [4.69, 9.17) is 20.8 Å². The number of ether oxygens (including phenoxy) is 1. The summed E-state index contributed by atoms with van der Waals surface area (Å²) in [5.41, 5.74) is -2.03. The molecule has 0 atom stereocenters. The summed E-state index contributed by atoms with van der Waals surface area (Å²) >= 11 is 5.94. The van der Waals surface area contributed by atoms with Crippen molar-refractivity contribution in [3.8, 4) is 0 Å². The van der Waals surface area contributed by atoms with Gasteiger partial charge in [0.2, 0.25) is 15.9 Å². The number of aryl methyl sites for hydroxylation is 1. The van der Waals surface area contributed by atoms with Crippen molar-refractivity contribution in [1.82, 2.24) is 9.29 Å². The van der Waals surface area contributed by atoms with Gasteiger partial charge in [-0.15, -0.1) is 0 Å². The van der Waals surface area contributed by atoms with Gasteiger partial charge in [0.1, 0.15) is 16.2 Å². The Labute approximate surface area is 165 Å². The van der Waals surface area contributed by atoms with E-state index in [1.807, 2.05) is 0 Å². The molecular weight excluding hydrogens is 421 g/mol. The second-order valence-electron chi connectivity index (χ2n) is 6.52. The summed E-state index contributed by atoms with van der Waals surface area (Å²) in [6.45, 7) is 1.74. The summed E-state index contributed by atoms with van der Waals surface area (Å²) in [7, 11) is -2.82. The third-order valence-electron chi connectivity index (χ3n) is 4.55. The lowest BCUT2D eigenvalue weighted by atomic mass is 10.2. The Morgan fingerprint density at radius 2 is 2.04 bits per heavy atom. The Morgan fingerprint density at radius 3 is 2.50 bits per heavy atom. The highest BCUT2D eigenvalue weighted by atomic mass is 35.5. The quantitative estimate of drug-likeness (QED) is 0.653. The molecule has 2 aromatic rings. The van der Waals surface area contributed by atoms with E-state index in [1.165, 1.54) is 13.3 Å². The van der Waals surface area contributed by atoms with Gasteiger partial charge in [-0.25, -0.2) is 13.4 Å². The number of rotatable bonds is 7. The molecule has 6 nitrogen and oxygen atoms in total. The van der Waals surface area contributed by atoms with E-state index in [1.54, 1.807) is 6.92 Å². The molecule has 0 aliphatic heterocycles. The van der Waals surface area contributed by atoms with Crippen LogP contribution < -0.4 is 0 Å². The predicted molar refractivity (Wildman–Crippen MR) is 94.4 cm³/mol. The largest absolute Gasteiger partial charge is 0.444 e. The number of sulfonamides is 1. The van der Waals surface area contributed by atoms with Gasteiger partial charge in [-0.3, -0.25) is 0 Å². The van der Waals surface area contributed by atoms with E-state index >= 15 is 0 Å². The monoisotopic (exact) mass is 438 g/mol. The zero-order valence-corrected chi connectivity index (χ0v) is 16.7. The molecule has 1 aromatic carbocycles. The van der Waals surface area contributed by atoms with E-state index in [-0.39, 0.29) is 19.0 Å². The van der Waals surface area contributed by atoms with Gasteiger partial charge in [0, 0.05) is 13.7 Å². The first kappa shape index (κ1) is 21.1. The molecule has 1 aliphatic rings. The molecular formula is C17H18ClF3N2O4S. The van der Waals surface area contributed by atoms with Gasteiger partial charge >= 0.3 is 6.18 Å². The van der Waals surface area contributed by atoms with Gasteiger partial charge in [0.25, 0.3) is 0 Å². The van der Waals surface area contributed by atoms with Crippen molar-refractivity contribution in [1.29, 1.82) is 0 Å². The number of hydrogen-bond donors (Lipinski definition) is 0. The average molecular weight is 439 g/mol. The highest BCUT2D eigenvalue weighted by Crippen LogP contribution is 2.53. The van der Waals surface area contributed by atoms with Crippen molar-refractivity contribution in [2.45, 2.75) is 36.4 Å². The van der Waals surface area contributed by atoms with E-state index in [9.17, 15) is 21.6 Å². The predicted octanol–water partition coefficient (Wildman–Crippen LogP) is 3.98. The normalized spacial score (nSPS) is 16.5. The van der Waals surface area contributed by atoms with E-state index < -0.39 is 37.2 Å². The zero-order valence-electron chi connectivity index (χ0n) is 15.1. The molecule has 28 heavy (non-hydrogen) atoms. The Bertz CT molecular complexity index is 971. The molecule has 1 aliphatic carbocycles. The SMILES string of the molecule is COCCN(C1(c2ncc(C)o2)CC1)S(=O)(=O)c1ccc(C(F)(F)F)cc1Cl. The van der Waals surface area contributed by atoms with E-state index in [0.29, 0.717) is 30.7 Å². The highest BCUT2D eigenvalue weighted by Gasteiger charge is 2.58. The van der Waals surface area contributed by atoms with E-state index in [2.05, 4.69) is 4.98 Å². The van der Waals surface area contributed by atoms with Crippen molar-refractivity contribution >= 4 is 21.6 Å². The lowest BCUT2D eigenvalue weighted by molar-refractivity contribution is -0.137. The summed E-state index contributed by atoms with van der Waals surface area (Å²) < 4.78 is 77.0. The number of nitrogens with zero attached hydrogens (tertiary/aromatic N) is 2. The standard InChI is InChI=1S/C17H18ClF3N2O4S/c1-11-10-22-15(27-11)16(5-6-16)23(7-8-26-2)28(24,25)14-4-3-12(9-13(14)18)17(19,20)21/h3-4,9-10H,5-8H2,1-2H3. The number of alkyl halides is 3. The van der Waals surface area contributed by atoms with Crippen molar-refractivity contribution in [2.24, 2.45) is 0 Å². The number of halogens is 4. The number of oxazole rings is 1. The summed E-state index contributed by atoms with van der Waals surface area (Å²) in [4.78, 5) is 3.75. The number of aromatic nitrogens is 1. The van der Waals surface area contributed by atoms with Crippen LogP contribution in [0.25, 0.3) is 0 Å². The van der Waals surface area contributed by atoms with Crippen LogP contribution in [-0.2, 0) is 26.5 Å². The van der Waals surface area contributed by atoms with Crippen molar-refractivity contribution in [3.63, 3.8) is 0 Å². The van der Waals surface area contributed by atoms with Gasteiger partial charge in [0.15, 0.2) is 0 Å². The highest BCUT2D eigenvalue weighted by molar-refractivity contribution is 7.89. The van der Waals surface area contributed by atoms with E-state index in [0.717, 1.165) is 10.4 Å². The smallest absolute Gasteiger partial charge is 0.416 e. The fraction of sp³-hybridized carbons (Fsp3) is 0.471. The molecule has 1 heterocycles.